The molecule has 3 aliphatic rings. The van der Waals surface area contributed by atoms with Gasteiger partial charge in [-0.3, -0.25) is 4.79 Å². The summed E-state index contributed by atoms with van der Waals surface area (Å²) in [5.74, 6) is 2.12. The number of amides is 1. The van der Waals surface area contributed by atoms with Gasteiger partial charge in [-0.25, -0.2) is 4.98 Å². The van der Waals surface area contributed by atoms with Crippen LogP contribution in [0.15, 0.2) is 0 Å². The molecule has 0 radical (unpaired) electrons. The fraction of sp³-hybridized carbons (Fsp3) is 0.722. The van der Waals surface area contributed by atoms with Gasteiger partial charge in [0.25, 0.3) is 0 Å². The first-order chi connectivity index (χ1) is 11.6. The van der Waals surface area contributed by atoms with Gasteiger partial charge in [0.1, 0.15) is 5.82 Å². The van der Waals surface area contributed by atoms with Gasteiger partial charge in [0.2, 0.25) is 11.9 Å². The molecule has 0 unspecified atom stereocenters. The van der Waals surface area contributed by atoms with E-state index in [2.05, 4.69) is 10.2 Å². The zero-order valence-electron chi connectivity index (χ0n) is 14.8. The Labute approximate surface area is 143 Å². The largest absolute Gasteiger partial charge is 0.356 e. The van der Waals surface area contributed by atoms with Crippen molar-refractivity contribution in [1.29, 1.82) is 0 Å². The van der Waals surface area contributed by atoms with Crippen molar-refractivity contribution in [1.82, 2.24) is 15.3 Å². The summed E-state index contributed by atoms with van der Waals surface area (Å²) < 4.78 is 0. The van der Waals surface area contributed by atoms with Crippen LogP contribution in [0.1, 0.15) is 43.4 Å². The molecule has 0 aromatic carbocycles. The molecular weight excluding hydrogens is 302 g/mol. The Kier molecular flexibility index (Phi) is 3.85. The van der Waals surface area contributed by atoms with Crippen LogP contribution in [-0.4, -0.2) is 49.6 Å². The molecule has 1 aromatic heterocycles. The molecule has 0 saturated carbocycles. The van der Waals surface area contributed by atoms with Crippen LogP contribution in [0.2, 0.25) is 0 Å². The summed E-state index contributed by atoms with van der Waals surface area (Å²) >= 11 is 0. The number of rotatable bonds is 2. The van der Waals surface area contributed by atoms with Crippen LogP contribution in [0.5, 0.6) is 0 Å². The SMILES string of the molecule is CN(C)c1nc2c(c(N3CC[C@]4(CCCNC4=O)C3)n1)CCCC2. The van der Waals surface area contributed by atoms with E-state index < -0.39 is 0 Å². The van der Waals surface area contributed by atoms with Gasteiger partial charge in [-0.15, -0.1) is 0 Å². The average Bonchev–Trinajstić information content (AvgIpc) is 3.01. The maximum absolute atomic E-state index is 12.5. The van der Waals surface area contributed by atoms with E-state index in [1.54, 1.807) is 0 Å². The summed E-state index contributed by atoms with van der Waals surface area (Å²) in [5, 5.41) is 3.07. The number of carbonyl (C=O) groups is 1. The van der Waals surface area contributed by atoms with E-state index in [-0.39, 0.29) is 11.3 Å². The Bertz CT molecular complexity index is 659. The number of aryl methyl sites for hydroxylation is 1. The van der Waals surface area contributed by atoms with E-state index in [9.17, 15) is 4.79 Å². The third-order valence-electron chi connectivity index (χ3n) is 5.80. The highest BCUT2D eigenvalue weighted by Gasteiger charge is 2.46. The first-order valence-electron chi connectivity index (χ1n) is 9.19. The topological polar surface area (TPSA) is 61.4 Å². The number of aromatic nitrogens is 2. The minimum absolute atomic E-state index is 0.205. The van der Waals surface area contributed by atoms with Crippen LogP contribution in [-0.2, 0) is 17.6 Å². The molecule has 1 aromatic rings. The van der Waals surface area contributed by atoms with Gasteiger partial charge in [-0.1, -0.05) is 0 Å². The van der Waals surface area contributed by atoms with Gasteiger partial charge >= 0.3 is 0 Å². The van der Waals surface area contributed by atoms with Crippen LogP contribution < -0.4 is 15.1 Å². The van der Waals surface area contributed by atoms with Crippen molar-refractivity contribution in [3.8, 4) is 0 Å². The lowest BCUT2D eigenvalue weighted by molar-refractivity contribution is -0.132. The Balaban J connectivity index is 1.69. The van der Waals surface area contributed by atoms with Crippen LogP contribution >= 0.6 is 0 Å². The molecule has 2 aliphatic heterocycles. The zero-order chi connectivity index (χ0) is 16.7. The zero-order valence-corrected chi connectivity index (χ0v) is 14.8. The summed E-state index contributed by atoms with van der Waals surface area (Å²) in [7, 11) is 3.99. The second-order valence-corrected chi connectivity index (χ2v) is 7.69. The quantitative estimate of drug-likeness (QED) is 0.891. The molecule has 1 atom stereocenters. The molecule has 1 aliphatic carbocycles. The smallest absolute Gasteiger partial charge is 0.228 e. The maximum Gasteiger partial charge on any atom is 0.228 e. The molecular formula is C18H27N5O. The van der Waals surface area contributed by atoms with E-state index in [0.717, 1.165) is 63.5 Å². The van der Waals surface area contributed by atoms with Gasteiger partial charge < -0.3 is 15.1 Å². The third-order valence-corrected chi connectivity index (χ3v) is 5.80. The Morgan fingerprint density at radius 3 is 2.75 bits per heavy atom. The van der Waals surface area contributed by atoms with E-state index in [0.29, 0.717) is 0 Å². The second-order valence-electron chi connectivity index (χ2n) is 7.69. The molecule has 24 heavy (non-hydrogen) atoms. The van der Waals surface area contributed by atoms with Crippen LogP contribution in [0.3, 0.4) is 0 Å². The Morgan fingerprint density at radius 1 is 1.12 bits per heavy atom. The molecule has 6 nitrogen and oxygen atoms in total. The van der Waals surface area contributed by atoms with Crippen molar-refractivity contribution in [2.45, 2.75) is 44.9 Å². The standard InChI is InChI=1S/C18H27N5O/c1-22(2)17-20-14-7-4-3-6-13(14)15(21-17)23-11-9-18(12-23)8-5-10-19-16(18)24/h3-12H2,1-2H3,(H,19,24)/t18-/m1/s1. The summed E-state index contributed by atoms with van der Waals surface area (Å²) in [5.41, 5.74) is 2.33. The lowest BCUT2D eigenvalue weighted by Crippen LogP contribution is -2.47. The molecule has 2 saturated heterocycles. The molecule has 1 spiro atoms. The highest BCUT2D eigenvalue weighted by Crippen LogP contribution is 2.41. The minimum Gasteiger partial charge on any atom is -0.356 e. The maximum atomic E-state index is 12.5. The van der Waals surface area contributed by atoms with Crippen molar-refractivity contribution in [2.75, 3.05) is 43.5 Å². The summed E-state index contributed by atoms with van der Waals surface area (Å²) in [6.45, 7) is 2.55. The third kappa shape index (κ3) is 2.52. The van der Waals surface area contributed by atoms with Crippen molar-refractivity contribution in [3.63, 3.8) is 0 Å². The molecule has 0 bridgehead atoms. The van der Waals surface area contributed by atoms with Crippen molar-refractivity contribution >= 4 is 17.7 Å². The predicted octanol–water partition coefficient (Wildman–Crippen LogP) is 1.53. The van der Waals surface area contributed by atoms with Crippen LogP contribution in [0, 0.1) is 5.41 Å². The van der Waals surface area contributed by atoms with E-state index in [1.807, 2.05) is 19.0 Å². The first-order valence-corrected chi connectivity index (χ1v) is 9.19. The highest BCUT2D eigenvalue weighted by atomic mass is 16.2. The van der Waals surface area contributed by atoms with Crippen molar-refractivity contribution in [2.24, 2.45) is 5.41 Å². The summed E-state index contributed by atoms with van der Waals surface area (Å²) in [6, 6.07) is 0. The summed E-state index contributed by atoms with van der Waals surface area (Å²) in [4.78, 5) is 26.5. The van der Waals surface area contributed by atoms with E-state index >= 15 is 0 Å². The van der Waals surface area contributed by atoms with Gasteiger partial charge in [0.05, 0.1) is 11.1 Å². The van der Waals surface area contributed by atoms with Crippen LogP contribution in [0.4, 0.5) is 11.8 Å². The van der Waals surface area contributed by atoms with Crippen LogP contribution in [0.25, 0.3) is 0 Å². The highest BCUT2D eigenvalue weighted by molar-refractivity contribution is 5.85. The minimum atomic E-state index is -0.205. The van der Waals surface area contributed by atoms with Gasteiger partial charge in [-0.2, -0.15) is 4.98 Å². The number of carbonyl (C=O) groups excluding carboxylic acids is 1. The fourth-order valence-electron chi connectivity index (χ4n) is 4.40. The fourth-order valence-corrected chi connectivity index (χ4v) is 4.40. The molecule has 130 valence electrons. The number of hydrogen-bond donors (Lipinski definition) is 1. The number of anilines is 2. The van der Waals surface area contributed by atoms with E-state index in [1.165, 1.54) is 24.1 Å². The molecule has 4 rings (SSSR count). The summed E-state index contributed by atoms with van der Waals surface area (Å²) in [6.07, 6.45) is 7.56. The molecule has 6 heteroatoms. The number of nitrogens with zero attached hydrogens (tertiary/aromatic N) is 4. The second kappa shape index (κ2) is 5.90. The monoisotopic (exact) mass is 329 g/mol. The van der Waals surface area contributed by atoms with Gasteiger partial charge in [0.15, 0.2) is 0 Å². The van der Waals surface area contributed by atoms with E-state index in [4.69, 9.17) is 9.97 Å². The normalized spacial score (nSPS) is 26.4. The number of piperidine rings is 1. The van der Waals surface area contributed by atoms with Gasteiger partial charge in [0, 0.05) is 39.3 Å². The van der Waals surface area contributed by atoms with Gasteiger partial charge in [-0.05, 0) is 44.9 Å². The molecule has 1 N–H and O–H groups in total. The number of hydrogen-bond acceptors (Lipinski definition) is 5. The number of nitrogens with one attached hydrogen (secondary N) is 1. The average molecular weight is 329 g/mol. The Hall–Kier alpha value is -1.85. The molecule has 1 amide bonds. The first kappa shape index (κ1) is 15.7. The Morgan fingerprint density at radius 2 is 1.96 bits per heavy atom. The number of fused-ring (bicyclic) bond motifs is 1. The predicted molar refractivity (Wildman–Crippen MR) is 94.5 cm³/mol. The van der Waals surface area contributed by atoms with Crippen molar-refractivity contribution < 1.29 is 4.79 Å². The molecule has 2 fully saturated rings. The lowest BCUT2D eigenvalue weighted by Gasteiger charge is -2.33. The lowest BCUT2D eigenvalue weighted by atomic mass is 9.79. The van der Waals surface area contributed by atoms with Crippen molar-refractivity contribution in [3.05, 3.63) is 11.3 Å². The molecule has 3 heterocycles.